The van der Waals surface area contributed by atoms with Gasteiger partial charge in [-0.1, -0.05) is 13.8 Å². The summed E-state index contributed by atoms with van der Waals surface area (Å²) in [6.07, 6.45) is 4.34. The predicted molar refractivity (Wildman–Crippen MR) is 103 cm³/mol. The van der Waals surface area contributed by atoms with E-state index in [0.717, 1.165) is 41.2 Å². The highest BCUT2D eigenvalue weighted by Crippen LogP contribution is 2.30. The Kier molecular flexibility index (Phi) is 4.56. The maximum Gasteiger partial charge on any atom is 0.271 e. The molecule has 6 nitrogen and oxygen atoms in total. The fraction of sp³-hybridized carbons (Fsp3) is 0.381. The van der Waals surface area contributed by atoms with Crippen molar-refractivity contribution in [2.24, 2.45) is 0 Å². The number of hydrogen-bond donors (Lipinski definition) is 1. The molecule has 1 fully saturated rings. The molecule has 1 unspecified atom stereocenters. The van der Waals surface area contributed by atoms with Crippen LogP contribution in [0.4, 0.5) is 0 Å². The highest BCUT2D eigenvalue weighted by atomic mass is 16.3. The Labute approximate surface area is 158 Å². The molecule has 6 heteroatoms. The molecule has 27 heavy (non-hydrogen) atoms. The molecule has 0 saturated carbocycles. The van der Waals surface area contributed by atoms with Gasteiger partial charge in [-0.3, -0.25) is 14.9 Å². The Morgan fingerprint density at radius 2 is 2.15 bits per heavy atom. The molecule has 4 heterocycles. The molecule has 1 aliphatic rings. The fourth-order valence-electron chi connectivity index (χ4n) is 3.60. The molecule has 0 aliphatic carbocycles. The average Bonchev–Trinajstić information content (AvgIpc) is 3.42. The third-order valence-corrected chi connectivity index (χ3v) is 5.14. The minimum absolute atomic E-state index is 0.0135. The van der Waals surface area contributed by atoms with Crippen LogP contribution in [0.15, 0.2) is 41.2 Å². The van der Waals surface area contributed by atoms with E-state index in [4.69, 9.17) is 9.40 Å². The number of likely N-dealkylation sites (tertiary alicyclic amines) is 1. The first kappa shape index (κ1) is 17.5. The van der Waals surface area contributed by atoms with Crippen molar-refractivity contribution < 1.29 is 9.21 Å². The molecule has 3 aromatic heterocycles. The van der Waals surface area contributed by atoms with Crippen molar-refractivity contribution in [3.8, 4) is 11.1 Å². The number of aromatic nitrogens is 3. The summed E-state index contributed by atoms with van der Waals surface area (Å²) in [5, 5.41) is 7.13. The third kappa shape index (κ3) is 3.52. The minimum atomic E-state index is 0.0135. The van der Waals surface area contributed by atoms with Crippen molar-refractivity contribution in [3.05, 3.63) is 59.6 Å². The highest BCUT2D eigenvalue weighted by Gasteiger charge is 2.30. The van der Waals surface area contributed by atoms with Gasteiger partial charge in [0.2, 0.25) is 0 Å². The van der Waals surface area contributed by atoms with Gasteiger partial charge in [0.05, 0.1) is 18.2 Å². The molecule has 140 valence electrons. The summed E-state index contributed by atoms with van der Waals surface area (Å²) >= 11 is 0. The number of nitrogens with one attached hydrogen (secondary N) is 1. The quantitative estimate of drug-likeness (QED) is 0.755. The van der Waals surface area contributed by atoms with Crippen LogP contribution in [0.3, 0.4) is 0 Å². The molecule has 1 aliphatic heterocycles. The summed E-state index contributed by atoms with van der Waals surface area (Å²) in [4.78, 5) is 19.4. The summed E-state index contributed by atoms with van der Waals surface area (Å²) in [6, 6.07) is 7.99. The monoisotopic (exact) mass is 364 g/mol. The number of aromatic amines is 1. The number of hydrogen-bond acceptors (Lipinski definition) is 4. The summed E-state index contributed by atoms with van der Waals surface area (Å²) in [5.74, 6) is 0.554. The Bertz CT molecular complexity index is 943. The van der Waals surface area contributed by atoms with Crippen molar-refractivity contribution in [3.63, 3.8) is 0 Å². The number of H-pyrrole nitrogens is 1. The van der Waals surface area contributed by atoms with Crippen LogP contribution in [0.2, 0.25) is 0 Å². The first-order valence-electron chi connectivity index (χ1n) is 9.37. The van der Waals surface area contributed by atoms with Crippen molar-refractivity contribution in [2.75, 3.05) is 13.1 Å². The van der Waals surface area contributed by atoms with Crippen molar-refractivity contribution in [1.29, 1.82) is 0 Å². The van der Waals surface area contributed by atoms with Crippen molar-refractivity contribution >= 4 is 5.91 Å². The highest BCUT2D eigenvalue weighted by molar-refractivity contribution is 5.92. The van der Waals surface area contributed by atoms with Gasteiger partial charge in [0.15, 0.2) is 0 Å². The van der Waals surface area contributed by atoms with Gasteiger partial charge in [0, 0.05) is 36.0 Å². The van der Waals surface area contributed by atoms with Gasteiger partial charge in [-0.2, -0.15) is 5.10 Å². The molecule has 1 N–H and O–H groups in total. The van der Waals surface area contributed by atoms with Crippen molar-refractivity contribution in [2.45, 2.75) is 39.0 Å². The number of furan rings is 1. The van der Waals surface area contributed by atoms with Crippen molar-refractivity contribution in [1.82, 2.24) is 20.1 Å². The number of aryl methyl sites for hydroxylation is 1. The lowest BCUT2D eigenvalue weighted by Crippen LogP contribution is -2.28. The van der Waals surface area contributed by atoms with Gasteiger partial charge in [0.25, 0.3) is 5.91 Å². The van der Waals surface area contributed by atoms with E-state index in [2.05, 4.69) is 36.2 Å². The van der Waals surface area contributed by atoms with E-state index in [0.29, 0.717) is 18.2 Å². The molecule has 1 atom stereocenters. The standard InChI is InChI=1S/C21H24N4O2/c1-13(2)18-10-20(24-23-18)21(26)25-6-4-15(11-25)19-9-17(8-14(3)22-19)16-5-7-27-12-16/h5,7-10,12-13,15H,4,6,11H2,1-3H3,(H,23,24). The largest absolute Gasteiger partial charge is 0.472 e. The Morgan fingerprint density at radius 3 is 2.85 bits per heavy atom. The fourth-order valence-corrected chi connectivity index (χ4v) is 3.60. The zero-order valence-corrected chi connectivity index (χ0v) is 15.9. The van der Waals surface area contributed by atoms with Crippen LogP contribution in [-0.4, -0.2) is 39.1 Å². The predicted octanol–water partition coefficient (Wildman–Crippen LogP) is 4.13. The Hall–Kier alpha value is -2.89. The van der Waals surface area contributed by atoms with E-state index >= 15 is 0 Å². The van der Waals surface area contributed by atoms with Crippen LogP contribution in [0.1, 0.15) is 59.7 Å². The summed E-state index contributed by atoms with van der Waals surface area (Å²) < 4.78 is 5.21. The van der Waals surface area contributed by atoms with E-state index in [1.165, 1.54) is 0 Å². The number of pyridine rings is 1. The second-order valence-electron chi connectivity index (χ2n) is 7.53. The minimum Gasteiger partial charge on any atom is -0.472 e. The normalized spacial score (nSPS) is 17.0. The molecule has 0 aromatic carbocycles. The maximum atomic E-state index is 12.8. The van der Waals surface area contributed by atoms with E-state index in [-0.39, 0.29) is 11.8 Å². The molecule has 0 radical (unpaired) electrons. The van der Waals surface area contributed by atoms with E-state index in [9.17, 15) is 4.79 Å². The Morgan fingerprint density at radius 1 is 1.30 bits per heavy atom. The van der Waals surface area contributed by atoms with Crippen LogP contribution in [-0.2, 0) is 0 Å². The lowest BCUT2D eigenvalue weighted by Gasteiger charge is -2.16. The van der Waals surface area contributed by atoms with Crippen LogP contribution in [0.5, 0.6) is 0 Å². The van der Waals surface area contributed by atoms with Gasteiger partial charge in [0.1, 0.15) is 5.69 Å². The molecule has 1 amide bonds. The third-order valence-electron chi connectivity index (χ3n) is 5.14. The summed E-state index contributed by atoms with van der Waals surface area (Å²) in [5.41, 5.74) is 5.64. The number of rotatable bonds is 4. The second-order valence-corrected chi connectivity index (χ2v) is 7.53. The molecule has 0 spiro atoms. The second kappa shape index (κ2) is 7.02. The maximum absolute atomic E-state index is 12.8. The molecule has 3 aromatic rings. The zero-order chi connectivity index (χ0) is 19.0. The topological polar surface area (TPSA) is 75.0 Å². The average molecular weight is 364 g/mol. The van der Waals surface area contributed by atoms with E-state index in [1.807, 2.05) is 24.0 Å². The number of amides is 1. The lowest BCUT2D eigenvalue weighted by molar-refractivity contribution is 0.0785. The van der Waals surface area contributed by atoms with Crippen LogP contribution < -0.4 is 0 Å². The SMILES string of the molecule is Cc1cc(-c2ccoc2)cc(C2CCN(C(=O)c3cc(C(C)C)n[nH]3)C2)n1. The van der Waals surface area contributed by atoms with Gasteiger partial charge in [-0.05, 0) is 49.1 Å². The first-order chi connectivity index (χ1) is 13.0. The van der Waals surface area contributed by atoms with Gasteiger partial charge < -0.3 is 9.32 Å². The van der Waals surface area contributed by atoms with E-state index < -0.39 is 0 Å². The zero-order valence-electron chi connectivity index (χ0n) is 15.9. The smallest absolute Gasteiger partial charge is 0.271 e. The molecule has 4 rings (SSSR count). The molecule has 0 bridgehead atoms. The van der Waals surface area contributed by atoms with E-state index in [1.54, 1.807) is 12.5 Å². The van der Waals surface area contributed by atoms with Gasteiger partial charge >= 0.3 is 0 Å². The van der Waals surface area contributed by atoms with Crippen LogP contribution in [0.25, 0.3) is 11.1 Å². The van der Waals surface area contributed by atoms with Crippen LogP contribution in [0, 0.1) is 6.92 Å². The Balaban J connectivity index is 1.51. The summed E-state index contributed by atoms with van der Waals surface area (Å²) in [7, 11) is 0. The van der Waals surface area contributed by atoms with Gasteiger partial charge in [-0.25, -0.2) is 0 Å². The summed E-state index contributed by atoms with van der Waals surface area (Å²) in [6.45, 7) is 7.55. The number of nitrogens with zero attached hydrogens (tertiary/aromatic N) is 3. The molecular weight excluding hydrogens is 340 g/mol. The van der Waals surface area contributed by atoms with Crippen LogP contribution >= 0.6 is 0 Å². The first-order valence-corrected chi connectivity index (χ1v) is 9.37. The number of carbonyl (C=O) groups excluding carboxylic acids is 1. The number of carbonyl (C=O) groups is 1. The molecule has 1 saturated heterocycles. The van der Waals surface area contributed by atoms with Gasteiger partial charge in [-0.15, -0.1) is 0 Å². The molecular formula is C21H24N4O2. The lowest BCUT2D eigenvalue weighted by atomic mass is 10.00.